The van der Waals surface area contributed by atoms with Crippen LogP contribution in [0, 0.1) is 0 Å². The molecule has 0 aliphatic rings. The Bertz CT molecular complexity index is 4890. The monoisotopic (exact) mass is 1120 g/mol. The third kappa shape index (κ3) is 11.1. The summed E-state index contributed by atoms with van der Waals surface area (Å²) in [5.74, 6) is 0. The highest BCUT2D eigenvalue weighted by molar-refractivity contribution is 6.01. The average molecular weight is 1130 g/mol. The van der Waals surface area contributed by atoms with Crippen molar-refractivity contribution in [1.29, 1.82) is 0 Å². The van der Waals surface area contributed by atoms with E-state index in [1.807, 2.05) is 0 Å². The minimum atomic E-state index is 0.878. The molecule has 15 rings (SSSR count). The number of para-hydroxylation sites is 2. The lowest BCUT2D eigenvalue weighted by atomic mass is 9.98. The molecule has 0 spiro atoms. The Labute approximate surface area is 514 Å². The zero-order valence-corrected chi connectivity index (χ0v) is 48.4. The van der Waals surface area contributed by atoms with Gasteiger partial charge in [-0.25, -0.2) is 0 Å². The summed E-state index contributed by atoms with van der Waals surface area (Å²) in [5.41, 5.74) is 22.6. The second-order valence-electron chi connectivity index (χ2n) is 22.4. The lowest BCUT2D eigenvalue weighted by molar-refractivity contribution is 1.28. The van der Waals surface area contributed by atoms with Gasteiger partial charge in [0.2, 0.25) is 0 Å². The standard InChI is InChI=1S/C84H60N4/c1-3-19-79(20-4-1)88(80-21-5-2-6-22-80)82-54-53-81(85-76-47-41-64(42-48-76)61-23-29-67(30-24-61)73-38-35-58-13-7-10-16-70(58)55-73)83(86-77-49-43-65(44-50-77)62-25-31-68(32-26-62)74-39-36-59-14-8-11-17-71(59)56-74)84(82)87-78-51-45-66(46-52-78)63-27-33-69(34-28-63)75-40-37-60-15-9-12-18-72(60)57-75/h1-57,85-87H. The van der Waals surface area contributed by atoms with Crippen LogP contribution in [-0.4, -0.2) is 0 Å². The van der Waals surface area contributed by atoms with Crippen LogP contribution in [-0.2, 0) is 0 Å². The predicted molar refractivity (Wildman–Crippen MR) is 375 cm³/mol. The van der Waals surface area contributed by atoms with Crippen molar-refractivity contribution in [3.8, 4) is 66.8 Å². The molecule has 15 aromatic rings. The smallest absolute Gasteiger partial charge is 0.0889 e. The number of nitrogens with one attached hydrogen (secondary N) is 3. The van der Waals surface area contributed by atoms with Gasteiger partial charge < -0.3 is 20.9 Å². The largest absolute Gasteiger partial charge is 0.354 e. The fourth-order valence-corrected chi connectivity index (χ4v) is 12.1. The Kier molecular flexibility index (Phi) is 14.3. The Morgan fingerprint density at radius 1 is 0.182 bits per heavy atom. The summed E-state index contributed by atoms with van der Waals surface area (Å²) >= 11 is 0. The third-order valence-corrected chi connectivity index (χ3v) is 16.8. The van der Waals surface area contributed by atoms with Gasteiger partial charge in [-0.05, 0) is 190 Å². The molecule has 0 heterocycles. The topological polar surface area (TPSA) is 39.3 Å². The van der Waals surface area contributed by atoms with E-state index < -0.39 is 0 Å². The van der Waals surface area contributed by atoms with Crippen LogP contribution in [0.15, 0.2) is 346 Å². The van der Waals surface area contributed by atoms with Gasteiger partial charge in [0.25, 0.3) is 0 Å². The Hall–Kier alpha value is -11.7. The van der Waals surface area contributed by atoms with Gasteiger partial charge in [0.15, 0.2) is 0 Å². The number of hydrogen-bond donors (Lipinski definition) is 3. The van der Waals surface area contributed by atoms with Crippen LogP contribution < -0.4 is 20.9 Å². The molecular formula is C84H60N4. The van der Waals surface area contributed by atoms with Gasteiger partial charge in [-0.3, -0.25) is 0 Å². The Morgan fingerprint density at radius 3 is 0.784 bits per heavy atom. The number of anilines is 9. The number of fused-ring (bicyclic) bond motifs is 3. The van der Waals surface area contributed by atoms with Crippen molar-refractivity contribution < 1.29 is 0 Å². The average Bonchev–Trinajstić information content (AvgIpc) is 1.66. The molecule has 88 heavy (non-hydrogen) atoms. The quantitative estimate of drug-likeness (QED) is 0.0957. The summed E-state index contributed by atoms with van der Waals surface area (Å²) in [4.78, 5) is 2.33. The summed E-state index contributed by atoms with van der Waals surface area (Å²) in [5, 5.41) is 19.3. The van der Waals surface area contributed by atoms with E-state index in [0.29, 0.717) is 0 Å². The van der Waals surface area contributed by atoms with Crippen molar-refractivity contribution in [3.05, 3.63) is 346 Å². The summed E-state index contributed by atoms with van der Waals surface area (Å²) in [6, 6.07) is 124. The van der Waals surface area contributed by atoms with Crippen molar-refractivity contribution in [2.45, 2.75) is 0 Å². The first-order valence-corrected chi connectivity index (χ1v) is 30.0. The van der Waals surface area contributed by atoms with Crippen LogP contribution in [0.5, 0.6) is 0 Å². The first kappa shape index (κ1) is 53.0. The van der Waals surface area contributed by atoms with Crippen molar-refractivity contribution in [2.24, 2.45) is 0 Å². The van der Waals surface area contributed by atoms with E-state index >= 15 is 0 Å². The van der Waals surface area contributed by atoms with Crippen LogP contribution in [0.25, 0.3) is 99.1 Å². The molecule has 0 aliphatic heterocycles. The van der Waals surface area contributed by atoms with Crippen LogP contribution in [0.3, 0.4) is 0 Å². The van der Waals surface area contributed by atoms with Crippen molar-refractivity contribution in [3.63, 3.8) is 0 Å². The molecular weight excluding hydrogens is 1060 g/mol. The maximum absolute atomic E-state index is 4.01. The van der Waals surface area contributed by atoms with Gasteiger partial charge in [-0.1, -0.05) is 255 Å². The van der Waals surface area contributed by atoms with Crippen LogP contribution >= 0.6 is 0 Å². The number of hydrogen-bond acceptors (Lipinski definition) is 4. The highest BCUT2D eigenvalue weighted by atomic mass is 15.2. The summed E-state index contributed by atoms with van der Waals surface area (Å²) in [7, 11) is 0. The minimum absolute atomic E-state index is 0.878. The molecule has 0 unspecified atom stereocenters. The molecule has 0 aromatic heterocycles. The Morgan fingerprint density at radius 2 is 0.443 bits per heavy atom. The SMILES string of the molecule is c1ccc(N(c2ccccc2)c2ccc(Nc3ccc(-c4ccc(-c5ccc6ccccc6c5)cc4)cc3)c(Nc3ccc(-c4ccc(-c5ccc6ccccc6c5)cc4)cc3)c2Nc2ccc(-c3ccc(-c4ccc5ccccc5c4)cc3)cc2)cc1. The Balaban J connectivity index is 0.787. The highest BCUT2D eigenvalue weighted by Crippen LogP contribution is 2.48. The zero-order valence-electron chi connectivity index (χ0n) is 48.4. The lowest BCUT2D eigenvalue weighted by Gasteiger charge is -2.30. The zero-order chi connectivity index (χ0) is 58.6. The number of rotatable bonds is 15. The van der Waals surface area contributed by atoms with Crippen molar-refractivity contribution in [1.82, 2.24) is 0 Å². The molecule has 0 saturated carbocycles. The molecule has 15 aromatic carbocycles. The van der Waals surface area contributed by atoms with E-state index in [1.54, 1.807) is 0 Å². The molecule has 3 N–H and O–H groups in total. The predicted octanol–water partition coefficient (Wildman–Crippen LogP) is 23.8. The van der Waals surface area contributed by atoms with E-state index in [1.165, 1.54) is 65.7 Å². The molecule has 416 valence electrons. The summed E-state index contributed by atoms with van der Waals surface area (Å²) in [6.07, 6.45) is 0. The molecule has 4 heteroatoms. The molecule has 0 aliphatic carbocycles. The minimum Gasteiger partial charge on any atom is -0.354 e. The normalized spacial score (nSPS) is 11.2. The van der Waals surface area contributed by atoms with Gasteiger partial charge in [0.1, 0.15) is 0 Å². The van der Waals surface area contributed by atoms with Gasteiger partial charge in [-0.15, -0.1) is 0 Å². The molecule has 0 fully saturated rings. The molecule has 0 atom stereocenters. The lowest BCUT2D eigenvalue weighted by Crippen LogP contribution is -2.13. The van der Waals surface area contributed by atoms with Crippen LogP contribution in [0.1, 0.15) is 0 Å². The first-order valence-electron chi connectivity index (χ1n) is 30.0. The van der Waals surface area contributed by atoms with Gasteiger partial charge >= 0.3 is 0 Å². The fourth-order valence-electron chi connectivity index (χ4n) is 12.1. The molecule has 0 saturated heterocycles. The van der Waals surface area contributed by atoms with E-state index in [9.17, 15) is 0 Å². The highest BCUT2D eigenvalue weighted by Gasteiger charge is 2.23. The maximum atomic E-state index is 4.01. The van der Waals surface area contributed by atoms with E-state index in [0.717, 1.165) is 84.6 Å². The van der Waals surface area contributed by atoms with E-state index in [-0.39, 0.29) is 0 Å². The van der Waals surface area contributed by atoms with E-state index in [2.05, 4.69) is 367 Å². The molecule has 0 bridgehead atoms. The van der Waals surface area contributed by atoms with Gasteiger partial charge in [0.05, 0.1) is 22.7 Å². The summed E-state index contributed by atoms with van der Waals surface area (Å²) in [6.45, 7) is 0. The van der Waals surface area contributed by atoms with Gasteiger partial charge in [-0.2, -0.15) is 0 Å². The molecule has 4 nitrogen and oxygen atoms in total. The fraction of sp³-hybridized carbons (Fsp3) is 0. The second kappa shape index (κ2) is 23.7. The number of benzene rings is 15. The molecule has 0 radical (unpaired) electrons. The number of nitrogens with zero attached hydrogens (tertiary/aromatic N) is 1. The third-order valence-electron chi connectivity index (χ3n) is 16.8. The van der Waals surface area contributed by atoms with Crippen molar-refractivity contribution >= 4 is 83.5 Å². The molecule has 0 amide bonds. The maximum Gasteiger partial charge on any atom is 0.0889 e. The van der Waals surface area contributed by atoms with Crippen molar-refractivity contribution in [2.75, 3.05) is 20.9 Å². The first-order chi connectivity index (χ1) is 43.5. The van der Waals surface area contributed by atoms with Crippen LogP contribution in [0.2, 0.25) is 0 Å². The second-order valence-corrected chi connectivity index (χ2v) is 22.4. The van der Waals surface area contributed by atoms with Gasteiger partial charge in [0, 0.05) is 28.4 Å². The van der Waals surface area contributed by atoms with E-state index in [4.69, 9.17) is 0 Å². The summed E-state index contributed by atoms with van der Waals surface area (Å²) < 4.78 is 0. The van der Waals surface area contributed by atoms with Crippen LogP contribution in [0.4, 0.5) is 51.2 Å².